The summed E-state index contributed by atoms with van der Waals surface area (Å²) >= 11 is 6.04. The van der Waals surface area contributed by atoms with Gasteiger partial charge in [-0.25, -0.2) is 0 Å². The van der Waals surface area contributed by atoms with Crippen molar-refractivity contribution in [3.05, 3.63) is 58.6 Å². The summed E-state index contributed by atoms with van der Waals surface area (Å²) in [7, 11) is 0. The molecule has 0 radical (unpaired) electrons. The number of nitrogens with two attached hydrogens (primary N) is 1. The van der Waals surface area contributed by atoms with Crippen molar-refractivity contribution in [3.8, 4) is 0 Å². The number of nitrogens with zero attached hydrogens (tertiary/aromatic N) is 1. The van der Waals surface area contributed by atoms with Crippen molar-refractivity contribution in [2.45, 2.75) is 25.7 Å². The third kappa shape index (κ3) is 3.46. The molecule has 1 aliphatic heterocycles. The van der Waals surface area contributed by atoms with Crippen LogP contribution in [0.3, 0.4) is 0 Å². The highest BCUT2D eigenvalue weighted by Crippen LogP contribution is 2.33. The van der Waals surface area contributed by atoms with E-state index in [0.29, 0.717) is 5.02 Å². The zero-order valence-electron chi connectivity index (χ0n) is 13.0. The molecule has 2 N–H and O–H groups in total. The molecular weight excluding hydrogens is 331 g/mol. The van der Waals surface area contributed by atoms with Gasteiger partial charge in [0, 0.05) is 22.9 Å². The van der Waals surface area contributed by atoms with E-state index in [2.05, 4.69) is 0 Å². The zero-order valence-corrected chi connectivity index (χ0v) is 14.5. The molecule has 0 aromatic heterocycles. The fourth-order valence-corrected chi connectivity index (χ4v) is 3.23. The lowest BCUT2D eigenvalue weighted by Crippen LogP contribution is -2.38. The van der Waals surface area contributed by atoms with Gasteiger partial charge in [-0.1, -0.05) is 29.8 Å². The average Bonchev–Trinajstić information content (AvgIpc) is 2.53. The van der Waals surface area contributed by atoms with E-state index in [1.807, 2.05) is 54.3 Å². The van der Waals surface area contributed by atoms with Crippen molar-refractivity contribution >= 4 is 41.3 Å². The zero-order chi connectivity index (χ0) is 15.7. The van der Waals surface area contributed by atoms with Gasteiger partial charge in [-0.3, -0.25) is 4.79 Å². The SMILES string of the molecule is CC(C(=O)N1CCCc2c(N)cccc21)c1cccc(Cl)c1.Cl. The molecule has 0 saturated heterocycles. The molecule has 3 nitrogen and oxygen atoms in total. The molecule has 3 rings (SSSR count). The molecular formula is C18H20Cl2N2O. The minimum Gasteiger partial charge on any atom is -0.398 e. The first kappa shape index (κ1) is 17.6. The van der Waals surface area contributed by atoms with Crippen molar-refractivity contribution in [3.63, 3.8) is 0 Å². The van der Waals surface area contributed by atoms with E-state index < -0.39 is 0 Å². The molecule has 2 aromatic carbocycles. The van der Waals surface area contributed by atoms with Crippen LogP contribution in [-0.4, -0.2) is 12.5 Å². The Morgan fingerprint density at radius 3 is 2.74 bits per heavy atom. The minimum absolute atomic E-state index is 0. The lowest BCUT2D eigenvalue weighted by molar-refractivity contribution is -0.119. The highest BCUT2D eigenvalue weighted by atomic mass is 35.5. The maximum Gasteiger partial charge on any atom is 0.234 e. The van der Waals surface area contributed by atoms with E-state index in [1.165, 1.54) is 0 Å². The Morgan fingerprint density at radius 2 is 2.00 bits per heavy atom. The number of hydrogen-bond acceptors (Lipinski definition) is 2. The topological polar surface area (TPSA) is 46.3 Å². The van der Waals surface area contributed by atoms with Gasteiger partial charge in [0.05, 0.1) is 5.92 Å². The van der Waals surface area contributed by atoms with Crippen LogP contribution in [0.2, 0.25) is 5.02 Å². The number of amides is 1. The van der Waals surface area contributed by atoms with Gasteiger partial charge < -0.3 is 10.6 Å². The summed E-state index contributed by atoms with van der Waals surface area (Å²) < 4.78 is 0. The van der Waals surface area contributed by atoms with Crippen LogP contribution in [0.25, 0.3) is 0 Å². The van der Waals surface area contributed by atoms with Crippen molar-refractivity contribution in [1.82, 2.24) is 0 Å². The Balaban J connectivity index is 0.00000192. The van der Waals surface area contributed by atoms with Crippen molar-refractivity contribution in [2.24, 2.45) is 0 Å². The second kappa shape index (κ2) is 7.24. The maximum atomic E-state index is 12.9. The van der Waals surface area contributed by atoms with Crippen LogP contribution in [0, 0.1) is 0 Å². The normalized spacial score (nSPS) is 14.6. The summed E-state index contributed by atoms with van der Waals surface area (Å²) in [6.45, 7) is 2.66. The van der Waals surface area contributed by atoms with E-state index in [4.69, 9.17) is 17.3 Å². The Morgan fingerprint density at radius 1 is 1.26 bits per heavy atom. The van der Waals surface area contributed by atoms with E-state index in [9.17, 15) is 4.79 Å². The van der Waals surface area contributed by atoms with E-state index in [0.717, 1.165) is 41.9 Å². The molecule has 1 unspecified atom stereocenters. The smallest absolute Gasteiger partial charge is 0.234 e. The average molecular weight is 351 g/mol. The van der Waals surface area contributed by atoms with Gasteiger partial charge in [-0.05, 0) is 55.2 Å². The fourth-order valence-electron chi connectivity index (χ4n) is 3.03. The van der Waals surface area contributed by atoms with Crippen LogP contribution < -0.4 is 10.6 Å². The third-order valence-corrected chi connectivity index (χ3v) is 4.51. The predicted octanol–water partition coefficient (Wildman–Crippen LogP) is 4.43. The van der Waals surface area contributed by atoms with Crippen molar-refractivity contribution in [1.29, 1.82) is 0 Å². The lowest BCUT2D eigenvalue weighted by Gasteiger charge is -2.32. The molecule has 1 aliphatic rings. The Hall–Kier alpha value is -1.71. The molecule has 0 aliphatic carbocycles. The largest absolute Gasteiger partial charge is 0.398 e. The number of halogens is 2. The summed E-state index contributed by atoms with van der Waals surface area (Å²) in [6.07, 6.45) is 1.87. The van der Waals surface area contributed by atoms with Gasteiger partial charge in [-0.2, -0.15) is 0 Å². The Kier molecular flexibility index (Phi) is 5.55. The Labute approximate surface area is 147 Å². The summed E-state index contributed by atoms with van der Waals surface area (Å²) in [5.74, 6) is -0.139. The van der Waals surface area contributed by atoms with Gasteiger partial charge in [0.2, 0.25) is 5.91 Å². The molecule has 122 valence electrons. The second-order valence-electron chi connectivity index (χ2n) is 5.72. The molecule has 1 heterocycles. The molecule has 1 amide bonds. The van der Waals surface area contributed by atoms with Crippen LogP contribution in [0.5, 0.6) is 0 Å². The fraction of sp³-hybridized carbons (Fsp3) is 0.278. The summed E-state index contributed by atoms with van der Waals surface area (Å²) in [5.41, 5.74) is 9.80. The van der Waals surface area contributed by atoms with E-state index in [-0.39, 0.29) is 24.2 Å². The molecule has 23 heavy (non-hydrogen) atoms. The van der Waals surface area contributed by atoms with Gasteiger partial charge in [0.1, 0.15) is 0 Å². The summed E-state index contributed by atoms with van der Waals surface area (Å²) in [4.78, 5) is 14.8. The highest BCUT2D eigenvalue weighted by Gasteiger charge is 2.27. The third-order valence-electron chi connectivity index (χ3n) is 4.27. The summed E-state index contributed by atoms with van der Waals surface area (Å²) in [6, 6.07) is 13.3. The van der Waals surface area contributed by atoms with E-state index in [1.54, 1.807) is 0 Å². The standard InChI is InChI=1S/C18H19ClN2O.ClH/c1-12(13-5-2-6-14(19)11-13)18(22)21-10-4-7-15-16(20)8-3-9-17(15)21;/h2-3,5-6,8-9,11-12H,4,7,10,20H2,1H3;1H. The number of rotatable bonds is 2. The molecule has 0 bridgehead atoms. The minimum atomic E-state index is -0.230. The first-order chi connectivity index (χ1) is 10.6. The summed E-state index contributed by atoms with van der Waals surface area (Å²) in [5, 5.41) is 0.653. The number of benzene rings is 2. The first-order valence-electron chi connectivity index (χ1n) is 7.52. The molecule has 5 heteroatoms. The van der Waals surface area contributed by atoms with Crippen LogP contribution >= 0.6 is 24.0 Å². The first-order valence-corrected chi connectivity index (χ1v) is 7.90. The number of carbonyl (C=O) groups is 1. The van der Waals surface area contributed by atoms with Crippen LogP contribution in [0.1, 0.15) is 30.4 Å². The van der Waals surface area contributed by atoms with Gasteiger partial charge >= 0.3 is 0 Å². The number of hydrogen-bond donors (Lipinski definition) is 1. The molecule has 0 fully saturated rings. The lowest BCUT2D eigenvalue weighted by atomic mass is 9.95. The highest BCUT2D eigenvalue weighted by molar-refractivity contribution is 6.30. The van der Waals surface area contributed by atoms with Crippen molar-refractivity contribution in [2.75, 3.05) is 17.2 Å². The predicted molar refractivity (Wildman–Crippen MR) is 98.6 cm³/mol. The number of nitrogen functional groups attached to an aromatic ring is 1. The number of carbonyl (C=O) groups excluding carboxylic acids is 1. The quantitative estimate of drug-likeness (QED) is 0.814. The van der Waals surface area contributed by atoms with Crippen LogP contribution in [-0.2, 0) is 11.2 Å². The van der Waals surface area contributed by atoms with E-state index >= 15 is 0 Å². The molecule has 1 atom stereocenters. The number of anilines is 2. The van der Waals surface area contributed by atoms with Gasteiger partial charge in [-0.15, -0.1) is 12.4 Å². The van der Waals surface area contributed by atoms with Crippen LogP contribution in [0.4, 0.5) is 11.4 Å². The van der Waals surface area contributed by atoms with Crippen molar-refractivity contribution < 1.29 is 4.79 Å². The second-order valence-corrected chi connectivity index (χ2v) is 6.15. The molecule has 0 spiro atoms. The number of fused-ring (bicyclic) bond motifs is 1. The monoisotopic (exact) mass is 350 g/mol. The molecule has 0 saturated carbocycles. The maximum absolute atomic E-state index is 12.9. The molecule has 2 aromatic rings. The van der Waals surface area contributed by atoms with Gasteiger partial charge in [0.15, 0.2) is 0 Å². The van der Waals surface area contributed by atoms with Gasteiger partial charge in [0.25, 0.3) is 0 Å². The van der Waals surface area contributed by atoms with Crippen LogP contribution in [0.15, 0.2) is 42.5 Å². The Bertz CT molecular complexity index is 718.